The standard InChI is InChI=1S/C18H23N3O2/c22-17-3-1-2-16(19-17)18(23)21-8-6-20(7-9-21)12-15-11-13-4-5-14(15)10-13/h1-5,13-15H,6-12H2,(H,19,22)/t13-,14+,15?/m1/s1. The molecule has 4 rings (SSSR count). The summed E-state index contributed by atoms with van der Waals surface area (Å²) in [5.41, 5.74) is 0.169. The molecule has 3 atom stereocenters. The zero-order valence-electron chi connectivity index (χ0n) is 13.3. The van der Waals surface area contributed by atoms with E-state index in [-0.39, 0.29) is 11.5 Å². The van der Waals surface area contributed by atoms with Crippen molar-refractivity contribution in [1.82, 2.24) is 14.8 Å². The first-order chi connectivity index (χ1) is 11.2. The highest BCUT2D eigenvalue weighted by Crippen LogP contribution is 2.43. The van der Waals surface area contributed by atoms with E-state index in [0.717, 1.165) is 50.5 Å². The van der Waals surface area contributed by atoms with Crippen LogP contribution in [-0.2, 0) is 0 Å². The second-order valence-electron chi connectivity index (χ2n) is 7.06. The summed E-state index contributed by atoms with van der Waals surface area (Å²) >= 11 is 0. The molecule has 1 saturated heterocycles. The predicted molar refractivity (Wildman–Crippen MR) is 88.3 cm³/mol. The lowest BCUT2D eigenvalue weighted by atomic mass is 9.93. The highest BCUT2D eigenvalue weighted by atomic mass is 16.2. The molecule has 5 heteroatoms. The fraction of sp³-hybridized carbons (Fsp3) is 0.556. The molecule has 2 heterocycles. The maximum Gasteiger partial charge on any atom is 0.270 e. The van der Waals surface area contributed by atoms with Crippen LogP contribution in [0.4, 0.5) is 0 Å². The molecule has 1 N–H and O–H groups in total. The first kappa shape index (κ1) is 14.7. The molecule has 1 saturated carbocycles. The van der Waals surface area contributed by atoms with Crippen molar-refractivity contribution in [1.29, 1.82) is 0 Å². The van der Waals surface area contributed by atoms with Crippen LogP contribution in [0.25, 0.3) is 0 Å². The molecule has 1 aromatic rings. The summed E-state index contributed by atoms with van der Waals surface area (Å²) in [5, 5.41) is 0. The number of carbonyl (C=O) groups excluding carboxylic acids is 1. The number of aromatic nitrogens is 1. The highest BCUT2D eigenvalue weighted by Gasteiger charge is 2.36. The highest BCUT2D eigenvalue weighted by molar-refractivity contribution is 5.92. The lowest BCUT2D eigenvalue weighted by Crippen LogP contribution is -2.50. The topological polar surface area (TPSA) is 56.4 Å². The molecule has 2 fully saturated rings. The number of H-pyrrole nitrogens is 1. The fourth-order valence-corrected chi connectivity index (χ4v) is 4.31. The Hall–Kier alpha value is -1.88. The van der Waals surface area contributed by atoms with Gasteiger partial charge in [-0.3, -0.25) is 14.5 Å². The van der Waals surface area contributed by atoms with Gasteiger partial charge in [-0.2, -0.15) is 0 Å². The van der Waals surface area contributed by atoms with Crippen LogP contribution in [0.2, 0.25) is 0 Å². The Balaban J connectivity index is 1.31. The van der Waals surface area contributed by atoms with Gasteiger partial charge in [0.2, 0.25) is 5.56 Å². The van der Waals surface area contributed by atoms with Gasteiger partial charge in [0.1, 0.15) is 5.69 Å². The molecule has 2 aliphatic carbocycles. The van der Waals surface area contributed by atoms with Crippen LogP contribution in [0.1, 0.15) is 23.3 Å². The average Bonchev–Trinajstić information content (AvgIpc) is 3.18. The third-order valence-corrected chi connectivity index (χ3v) is 5.57. The van der Waals surface area contributed by atoms with Crippen molar-refractivity contribution in [3.8, 4) is 0 Å². The third kappa shape index (κ3) is 2.98. The van der Waals surface area contributed by atoms with Gasteiger partial charge < -0.3 is 9.88 Å². The van der Waals surface area contributed by atoms with E-state index in [2.05, 4.69) is 22.0 Å². The lowest BCUT2D eigenvalue weighted by Gasteiger charge is -2.36. The lowest BCUT2D eigenvalue weighted by molar-refractivity contribution is 0.0604. The second kappa shape index (κ2) is 5.96. The summed E-state index contributed by atoms with van der Waals surface area (Å²) in [6.45, 7) is 4.51. The van der Waals surface area contributed by atoms with E-state index in [1.807, 2.05) is 4.90 Å². The number of fused-ring (bicyclic) bond motifs is 2. The van der Waals surface area contributed by atoms with Crippen molar-refractivity contribution in [3.05, 3.63) is 46.4 Å². The third-order valence-electron chi connectivity index (χ3n) is 5.57. The van der Waals surface area contributed by atoms with Crippen LogP contribution in [0.3, 0.4) is 0 Å². The molecule has 1 amide bonds. The van der Waals surface area contributed by atoms with Crippen molar-refractivity contribution >= 4 is 5.91 Å². The first-order valence-corrected chi connectivity index (χ1v) is 8.58. The number of pyridine rings is 1. The molecular formula is C18H23N3O2. The maximum absolute atomic E-state index is 12.4. The van der Waals surface area contributed by atoms with Crippen LogP contribution in [-0.4, -0.2) is 53.4 Å². The Kier molecular flexibility index (Phi) is 3.81. The Morgan fingerprint density at radius 2 is 1.96 bits per heavy atom. The number of amides is 1. The van der Waals surface area contributed by atoms with Gasteiger partial charge >= 0.3 is 0 Å². The number of allylic oxidation sites excluding steroid dienone is 2. The average molecular weight is 313 g/mol. The Labute approximate surface area is 136 Å². The molecule has 2 bridgehead atoms. The van der Waals surface area contributed by atoms with Gasteiger partial charge in [0.15, 0.2) is 0 Å². The minimum absolute atomic E-state index is 0.0646. The smallest absolute Gasteiger partial charge is 0.270 e. The van der Waals surface area contributed by atoms with E-state index >= 15 is 0 Å². The fourth-order valence-electron chi connectivity index (χ4n) is 4.31. The largest absolute Gasteiger partial charge is 0.335 e. The normalized spacial score (nSPS) is 30.1. The van der Waals surface area contributed by atoms with Crippen molar-refractivity contribution in [2.45, 2.75) is 12.8 Å². The van der Waals surface area contributed by atoms with Crippen LogP contribution in [0.5, 0.6) is 0 Å². The minimum atomic E-state index is -0.223. The molecule has 3 aliphatic rings. The number of nitrogens with zero attached hydrogens (tertiary/aromatic N) is 2. The molecule has 0 spiro atoms. The van der Waals surface area contributed by atoms with E-state index in [1.54, 1.807) is 12.1 Å². The number of piperazine rings is 1. The Morgan fingerprint density at radius 3 is 2.61 bits per heavy atom. The summed E-state index contributed by atoms with van der Waals surface area (Å²) in [6.07, 6.45) is 7.48. The van der Waals surface area contributed by atoms with Crippen molar-refractivity contribution < 1.29 is 4.79 Å². The number of carbonyl (C=O) groups is 1. The molecule has 23 heavy (non-hydrogen) atoms. The van der Waals surface area contributed by atoms with Gasteiger partial charge in [0.05, 0.1) is 0 Å². The zero-order chi connectivity index (χ0) is 15.8. The molecule has 1 aliphatic heterocycles. The molecular weight excluding hydrogens is 290 g/mol. The van der Waals surface area contributed by atoms with Gasteiger partial charge in [-0.15, -0.1) is 0 Å². The van der Waals surface area contributed by atoms with Crippen LogP contribution < -0.4 is 5.56 Å². The number of nitrogens with one attached hydrogen (secondary N) is 1. The molecule has 0 aromatic carbocycles. The maximum atomic E-state index is 12.4. The Morgan fingerprint density at radius 1 is 1.13 bits per heavy atom. The minimum Gasteiger partial charge on any atom is -0.335 e. The van der Waals surface area contributed by atoms with Crippen LogP contribution in [0, 0.1) is 17.8 Å². The van der Waals surface area contributed by atoms with Gasteiger partial charge in [-0.25, -0.2) is 0 Å². The van der Waals surface area contributed by atoms with Crippen LogP contribution >= 0.6 is 0 Å². The number of hydrogen-bond donors (Lipinski definition) is 1. The quantitative estimate of drug-likeness (QED) is 0.857. The molecule has 5 nitrogen and oxygen atoms in total. The monoisotopic (exact) mass is 313 g/mol. The van der Waals surface area contributed by atoms with Gasteiger partial charge in [0.25, 0.3) is 5.91 Å². The van der Waals surface area contributed by atoms with Gasteiger partial charge in [-0.1, -0.05) is 18.2 Å². The van der Waals surface area contributed by atoms with Gasteiger partial charge in [0, 0.05) is 38.8 Å². The van der Waals surface area contributed by atoms with Crippen LogP contribution in [0.15, 0.2) is 35.1 Å². The first-order valence-electron chi connectivity index (χ1n) is 8.58. The summed E-state index contributed by atoms with van der Waals surface area (Å²) < 4.78 is 0. The SMILES string of the molecule is O=C(c1cccc(=O)[nH]1)N1CCN(CC2C[C@@H]3C=C[C@H]2C3)CC1. The van der Waals surface area contributed by atoms with Crippen molar-refractivity contribution in [3.63, 3.8) is 0 Å². The number of rotatable bonds is 3. The summed E-state index contributed by atoms with van der Waals surface area (Å²) in [4.78, 5) is 30.8. The predicted octanol–water partition coefficient (Wildman–Crippen LogP) is 1.34. The second-order valence-corrected chi connectivity index (χ2v) is 7.06. The van der Waals surface area contributed by atoms with E-state index in [9.17, 15) is 9.59 Å². The van der Waals surface area contributed by atoms with E-state index in [0.29, 0.717) is 5.69 Å². The number of hydrogen-bond acceptors (Lipinski definition) is 3. The van der Waals surface area contributed by atoms with E-state index < -0.39 is 0 Å². The summed E-state index contributed by atoms with van der Waals surface area (Å²) in [5.74, 6) is 2.35. The van der Waals surface area contributed by atoms with Gasteiger partial charge in [-0.05, 0) is 36.7 Å². The van der Waals surface area contributed by atoms with Crippen molar-refractivity contribution in [2.24, 2.45) is 17.8 Å². The molecule has 122 valence electrons. The zero-order valence-corrected chi connectivity index (χ0v) is 13.3. The molecule has 1 aromatic heterocycles. The van der Waals surface area contributed by atoms with E-state index in [1.165, 1.54) is 18.9 Å². The Bertz CT molecular complexity index is 673. The van der Waals surface area contributed by atoms with Crippen molar-refractivity contribution in [2.75, 3.05) is 32.7 Å². The summed E-state index contributed by atoms with van der Waals surface area (Å²) in [7, 11) is 0. The molecule has 1 unspecified atom stereocenters. The number of aromatic amines is 1. The summed E-state index contributed by atoms with van der Waals surface area (Å²) in [6, 6.07) is 4.74. The molecule has 0 radical (unpaired) electrons. The van der Waals surface area contributed by atoms with E-state index in [4.69, 9.17) is 0 Å².